The van der Waals surface area contributed by atoms with Crippen LogP contribution >= 0.6 is 0 Å². The number of amides is 2. The van der Waals surface area contributed by atoms with E-state index >= 15 is 0 Å². The van der Waals surface area contributed by atoms with E-state index in [1.54, 1.807) is 4.90 Å². The van der Waals surface area contributed by atoms with Crippen LogP contribution in [0.15, 0.2) is 0 Å². The molecule has 2 amide bonds. The third-order valence-corrected chi connectivity index (χ3v) is 3.38. The molecule has 5 nitrogen and oxygen atoms in total. The van der Waals surface area contributed by atoms with Gasteiger partial charge in [0, 0.05) is 19.0 Å². The van der Waals surface area contributed by atoms with Crippen LogP contribution in [0.1, 0.15) is 44.9 Å². The SMILES string of the molecule is C#CCN(C(=O)NCCCC(=O)O)C1CCCCC1. The van der Waals surface area contributed by atoms with Crippen molar-refractivity contribution in [3.8, 4) is 12.3 Å². The molecule has 0 aromatic heterocycles. The number of urea groups is 1. The lowest BCUT2D eigenvalue weighted by Crippen LogP contribution is -2.47. The van der Waals surface area contributed by atoms with Gasteiger partial charge in [-0.2, -0.15) is 0 Å². The van der Waals surface area contributed by atoms with Gasteiger partial charge < -0.3 is 15.3 Å². The molecule has 0 aromatic rings. The minimum atomic E-state index is -0.845. The Bertz CT molecular complexity index is 343. The van der Waals surface area contributed by atoms with E-state index in [0.29, 0.717) is 19.5 Å². The van der Waals surface area contributed by atoms with Crippen molar-refractivity contribution in [2.24, 2.45) is 0 Å². The fourth-order valence-corrected chi connectivity index (χ4v) is 2.39. The van der Waals surface area contributed by atoms with Gasteiger partial charge in [0.25, 0.3) is 0 Å². The van der Waals surface area contributed by atoms with Crippen molar-refractivity contribution < 1.29 is 14.7 Å². The fourth-order valence-electron chi connectivity index (χ4n) is 2.39. The molecule has 19 heavy (non-hydrogen) atoms. The number of carboxylic acids is 1. The summed E-state index contributed by atoms with van der Waals surface area (Å²) in [7, 11) is 0. The molecule has 5 heteroatoms. The molecule has 0 aromatic carbocycles. The molecule has 0 radical (unpaired) electrons. The first kappa shape index (κ1) is 15.4. The van der Waals surface area contributed by atoms with Gasteiger partial charge in [-0.15, -0.1) is 6.42 Å². The van der Waals surface area contributed by atoms with E-state index in [1.807, 2.05) is 0 Å². The lowest BCUT2D eigenvalue weighted by molar-refractivity contribution is -0.137. The van der Waals surface area contributed by atoms with Crippen LogP contribution in [-0.4, -0.2) is 41.1 Å². The Morgan fingerprint density at radius 3 is 2.58 bits per heavy atom. The number of hydrogen-bond donors (Lipinski definition) is 2. The zero-order valence-electron chi connectivity index (χ0n) is 11.2. The summed E-state index contributed by atoms with van der Waals surface area (Å²) in [6.07, 6.45) is 11.3. The maximum Gasteiger partial charge on any atom is 0.318 e. The molecule has 0 unspecified atom stereocenters. The van der Waals surface area contributed by atoms with Crippen LogP contribution in [-0.2, 0) is 4.79 Å². The highest BCUT2D eigenvalue weighted by atomic mass is 16.4. The van der Waals surface area contributed by atoms with Crippen LogP contribution in [0, 0.1) is 12.3 Å². The second-order valence-electron chi connectivity index (χ2n) is 4.85. The summed E-state index contributed by atoms with van der Waals surface area (Å²) in [5, 5.41) is 11.3. The van der Waals surface area contributed by atoms with Crippen molar-refractivity contribution in [2.45, 2.75) is 51.0 Å². The van der Waals surface area contributed by atoms with Gasteiger partial charge in [-0.3, -0.25) is 4.79 Å². The van der Waals surface area contributed by atoms with Gasteiger partial charge in [0.2, 0.25) is 0 Å². The summed E-state index contributed by atoms with van der Waals surface area (Å²) in [5.74, 6) is 1.68. The van der Waals surface area contributed by atoms with Crippen molar-refractivity contribution in [3.05, 3.63) is 0 Å². The number of hydrogen-bond acceptors (Lipinski definition) is 2. The van der Waals surface area contributed by atoms with E-state index in [2.05, 4.69) is 11.2 Å². The highest BCUT2D eigenvalue weighted by molar-refractivity contribution is 5.75. The molecule has 0 heterocycles. The molecule has 1 rings (SSSR count). The molecular weight excluding hydrogens is 244 g/mol. The van der Waals surface area contributed by atoms with Crippen LogP contribution in [0.4, 0.5) is 4.79 Å². The minimum absolute atomic E-state index is 0.0683. The third-order valence-electron chi connectivity index (χ3n) is 3.38. The quantitative estimate of drug-likeness (QED) is 0.569. The number of carboxylic acid groups (broad SMARTS) is 1. The first-order valence-corrected chi connectivity index (χ1v) is 6.85. The normalized spacial score (nSPS) is 15.5. The van der Waals surface area contributed by atoms with Gasteiger partial charge in [-0.1, -0.05) is 25.2 Å². The van der Waals surface area contributed by atoms with E-state index in [1.165, 1.54) is 6.42 Å². The second-order valence-corrected chi connectivity index (χ2v) is 4.85. The van der Waals surface area contributed by atoms with E-state index in [9.17, 15) is 9.59 Å². The zero-order valence-corrected chi connectivity index (χ0v) is 11.2. The lowest BCUT2D eigenvalue weighted by atomic mass is 9.94. The largest absolute Gasteiger partial charge is 0.481 e. The molecule has 1 aliphatic carbocycles. The van der Waals surface area contributed by atoms with Crippen LogP contribution in [0.2, 0.25) is 0 Å². The number of nitrogens with one attached hydrogen (secondary N) is 1. The van der Waals surface area contributed by atoms with Gasteiger partial charge in [0.05, 0.1) is 6.54 Å². The molecule has 0 atom stereocenters. The number of carbonyl (C=O) groups is 2. The van der Waals surface area contributed by atoms with E-state index in [0.717, 1.165) is 25.7 Å². The molecule has 1 saturated carbocycles. The van der Waals surface area contributed by atoms with Crippen molar-refractivity contribution in [3.63, 3.8) is 0 Å². The predicted octanol–water partition coefficient (Wildman–Crippen LogP) is 1.83. The summed E-state index contributed by atoms with van der Waals surface area (Å²) < 4.78 is 0. The first-order valence-electron chi connectivity index (χ1n) is 6.85. The molecule has 0 bridgehead atoms. The van der Waals surface area contributed by atoms with Crippen LogP contribution < -0.4 is 5.32 Å². The Labute approximate surface area is 114 Å². The van der Waals surface area contributed by atoms with Crippen molar-refractivity contribution in [1.82, 2.24) is 10.2 Å². The predicted molar refractivity (Wildman–Crippen MR) is 72.7 cm³/mol. The average Bonchev–Trinajstić information content (AvgIpc) is 2.41. The zero-order chi connectivity index (χ0) is 14.1. The van der Waals surface area contributed by atoms with Crippen molar-refractivity contribution in [1.29, 1.82) is 0 Å². The maximum atomic E-state index is 12.0. The molecule has 0 spiro atoms. The molecule has 0 saturated heterocycles. The summed E-state index contributed by atoms with van der Waals surface area (Å²) >= 11 is 0. The maximum absolute atomic E-state index is 12.0. The Morgan fingerprint density at radius 1 is 1.32 bits per heavy atom. The number of nitrogens with zero attached hydrogens (tertiary/aromatic N) is 1. The lowest BCUT2D eigenvalue weighted by Gasteiger charge is -2.33. The summed E-state index contributed by atoms with van der Waals surface area (Å²) in [6, 6.07) is 0.0551. The molecule has 0 aliphatic heterocycles. The number of carbonyl (C=O) groups excluding carboxylic acids is 1. The molecule has 106 valence electrons. The Balaban J connectivity index is 2.39. The molecule has 2 N–H and O–H groups in total. The summed E-state index contributed by atoms with van der Waals surface area (Å²) in [5.41, 5.74) is 0. The molecule has 1 aliphatic rings. The van der Waals surface area contributed by atoms with Crippen LogP contribution in [0.3, 0.4) is 0 Å². The van der Waals surface area contributed by atoms with E-state index in [-0.39, 0.29) is 18.5 Å². The van der Waals surface area contributed by atoms with E-state index < -0.39 is 5.97 Å². The highest BCUT2D eigenvalue weighted by Gasteiger charge is 2.24. The van der Waals surface area contributed by atoms with E-state index in [4.69, 9.17) is 11.5 Å². The van der Waals surface area contributed by atoms with Gasteiger partial charge in [0.15, 0.2) is 0 Å². The van der Waals surface area contributed by atoms with Crippen molar-refractivity contribution >= 4 is 12.0 Å². The third kappa shape index (κ3) is 5.64. The van der Waals surface area contributed by atoms with Gasteiger partial charge >= 0.3 is 12.0 Å². The van der Waals surface area contributed by atoms with Gasteiger partial charge in [0.1, 0.15) is 0 Å². The summed E-state index contributed by atoms with van der Waals surface area (Å²) in [4.78, 5) is 24.1. The second kappa shape index (κ2) is 8.41. The van der Waals surface area contributed by atoms with Crippen LogP contribution in [0.5, 0.6) is 0 Å². The molecular formula is C14H22N2O3. The average molecular weight is 266 g/mol. The monoisotopic (exact) mass is 266 g/mol. The minimum Gasteiger partial charge on any atom is -0.481 e. The highest BCUT2D eigenvalue weighted by Crippen LogP contribution is 2.22. The Kier molecular flexibility index (Phi) is 6.80. The fraction of sp³-hybridized carbons (Fsp3) is 0.714. The van der Waals surface area contributed by atoms with Gasteiger partial charge in [-0.05, 0) is 19.3 Å². The van der Waals surface area contributed by atoms with Gasteiger partial charge in [-0.25, -0.2) is 4.79 Å². The van der Waals surface area contributed by atoms with Crippen LogP contribution in [0.25, 0.3) is 0 Å². The number of terminal acetylenes is 1. The Morgan fingerprint density at radius 2 is 2.00 bits per heavy atom. The first-order chi connectivity index (χ1) is 9.15. The summed E-state index contributed by atoms with van der Waals surface area (Å²) in [6.45, 7) is 0.689. The molecule has 1 fully saturated rings. The smallest absolute Gasteiger partial charge is 0.318 e. The Hall–Kier alpha value is -1.70. The standard InChI is InChI=1S/C14H22N2O3/c1-2-11-16(12-7-4-3-5-8-12)14(19)15-10-6-9-13(17)18/h1,12H,3-11H2,(H,15,19)(H,17,18). The number of rotatable bonds is 6. The number of aliphatic carboxylic acids is 1. The van der Waals surface area contributed by atoms with Crippen molar-refractivity contribution in [2.75, 3.05) is 13.1 Å². The topological polar surface area (TPSA) is 69.6 Å².